The molecule has 4 heteroatoms. The molecule has 0 spiro atoms. The number of benzene rings is 3. The molecular weight excluding hydrogens is 365 g/mol. The van der Waals surface area contributed by atoms with Gasteiger partial charge in [-0.2, -0.15) is 0 Å². The van der Waals surface area contributed by atoms with E-state index in [2.05, 4.69) is 48.6 Å². The Labute approximate surface area is 166 Å². The van der Waals surface area contributed by atoms with E-state index in [-0.39, 0.29) is 12.4 Å². The maximum Gasteiger partial charge on any atom is 0.119 e. The van der Waals surface area contributed by atoms with Crippen LogP contribution in [0, 0.1) is 6.92 Å². The summed E-state index contributed by atoms with van der Waals surface area (Å²) in [4.78, 5) is 0. The predicted molar refractivity (Wildman–Crippen MR) is 111 cm³/mol. The van der Waals surface area contributed by atoms with E-state index in [1.54, 1.807) is 0 Å². The van der Waals surface area contributed by atoms with Crippen LogP contribution in [0.3, 0.4) is 0 Å². The molecule has 3 rings (SSSR count). The van der Waals surface area contributed by atoms with Gasteiger partial charge in [0.25, 0.3) is 0 Å². The first kappa shape index (κ1) is 20.3. The van der Waals surface area contributed by atoms with Crippen molar-refractivity contribution in [2.75, 3.05) is 0 Å². The monoisotopic (exact) mass is 387 g/mol. The van der Waals surface area contributed by atoms with E-state index in [0.717, 1.165) is 29.4 Å². The number of rotatable bonds is 7. The van der Waals surface area contributed by atoms with Crippen LogP contribution in [0.4, 0.5) is 0 Å². The highest BCUT2D eigenvalue weighted by Crippen LogP contribution is 2.19. The van der Waals surface area contributed by atoms with Gasteiger partial charge in [0.1, 0.15) is 12.4 Å². The van der Waals surface area contributed by atoms with Crippen molar-refractivity contribution in [3.05, 3.63) is 100 Å². The van der Waals surface area contributed by atoms with E-state index in [0.29, 0.717) is 6.61 Å². The van der Waals surface area contributed by atoms with Gasteiger partial charge in [-0.3, -0.25) is 0 Å². The highest BCUT2D eigenvalue weighted by Gasteiger charge is 2.01. The van der Waals surface area contributed by atoms with E-state index < -0.39 is 0 Å². The van der Waals surface area contributed by atoms with E-state index in [1.165, 1.54) is 16.7 Å². The minimum absolute atomic E-state index is 0. The molecule has 0 aliphatic heterocycles. The molecule has 0 aliphatic carbocycles. The first-order valence-corrected chi connectivity index (χ1v) is 8.80. The summed E-state index contributed by atoms with van der Waals surface area (Å²) >= 11 is 6.14. The SMILES string of the molecule is Cc1ccc(CNCc2ccc(OCc3ccccc3Cl)cc2)cc1.Cl. The molecule has 0 radical (unpaired) electrons. The van der Waals surface area contributed by atoms with Crippen LogP contribution in [-0.4, -0.2) is 0 Å². The molecule has 0 fully saturated rings. The Morgan fingerprint density at radius 1 is 0.808 bits per heavy atom. The summed E-state index contributed by atoms with van der Waals surface area (Å²) < 4.78 is 5.81. The molecule has 3 aromatic carbocycles. The third-order valence-electron chi connectivity index (χ3n) is 4.05. The lowest BCUT2D eigenvalue weighted by molar-refractivity contribution is 0.306. The summed E-state index contributed by atoms with van der Waals surface area (Å²) in [6.45, 7) is 4.28. The fourth-order valence-corrected chi connectivity index (χ4v) is 2.73. The first-order valence-electron chi connectivity index (χ1n) is 8.42. The summed E-state index contributed by atoms with van der Waals surface area (Å²) in [6, 6.07) is 24.5. The van der Waals surface area contributed by atoms with Gasteiger partial charge < -0.3 is 10.1 Å². The van der Waals surface area contributed by atoms with Crippen LogP contribution in [0.25, 0.3) is 0 Å². The van der Waals surface area contributed by atoms with Gasteiger partial charge in [-0.05, 0) is 36.2 Å². The summed E-state index contributed by atoms with van der Waals surface area (Å²) in [5, 5.41) is 4.20. The smallest absolute Gasteiger partial charge is 0.119 e. The fraction of sp³-hybridized carbons (Fsp3) is 0.182. The standard InChI is InChI=1S/C22H22ClNO.ClH/c1-17-6-8-18(9-7-17)14-24-15-19-10-12-21(13-11-19)25-16-20-4-2-3-5-22(20)23;/h2-13,24H,14-16H2,1H3;1H. The van der Waals surface area contributed by atoms with Crippen LogP contribution >= 0.6 is 24.0 Å². The molecule has 0 atom stereocenters. The van der Waals surface area contributed by atoms with Crippen molar-refractivity contribution in [2.24, 2.45) is 0 Å². The van der Waals surface area contributed by atoms with Gasteiger partial charge in [-0.15, -0.1) is 12.4 Å². The van der Waals surface area contributed by atoms with Gasteiger partial charge in [0.2, 0.25) is 0 Å². The van der Waals surface area contributed by atoms with E-state index >= 15 is 0 Å². The Kier molecular flexibility index (Phi) is 7.99. The topological polar surface area (TPSA) is 21.3 Å². The van der Waals surface area contributed by atoms with Crippen molar-refractivity contribution >= 4 is 24.0 Å². The van der Waals surface area contributed by atoms with Crippen LogP contribution in [0.5, 0.6) is 5.75 Å². The second kappa shape index (κ2) is 10.2. The highest BCUT2D eigenvalue weighted by molar-refractivity contribution is 6.31. The highest BCUT2D eigenvalue weighted by atomic mass is 35.5. The number of ether oxygens (including phenoxy) is 1. The lowest BCUT2D eigenvalue weighted by Crippen LogP contribution is -2.12. The van der Waals surface area contributed by atoms with E-state index in [9.17, 15) is 0 Å². The Balaban J connectivity index is 0.00000243. The molecule has 0 aliphatic rings. The van der Waals surface area contributed by atoms with Gasteiger partial charge in [-0.25, -0.2) is 0 Å². The number of nitrogens with one attached hydrogen (secondary N) is 1. The summed E-state index contributed by atoms with van der Waals surface area (Å²) in [7, 11) is 0. The van der Waals surface area contributed by atoms with Crippen molar-refractivity contribution in [3.8, 4) is 5.75 Å². The second-order valence-electron chi connectivity index (χ2n) is 6.11. The molecule has 0 saturated carbocycles. The maximum atomic E-state index is 6.14. The maximum absolute atomic E-state index is 6.14. The molecule has 0 amide bonds. The zero-order valence-corrected chi connectivity index (χ0v) is 16.3. The molecule has 0 bridgehead atoms. The predicted octanol–water partition coefficient (Wildman–Crippen LogP) is 5.94. The lowest BCUT2D eigenvalue weighted by Gasteiger charge is -2.09. The number of halogens is 2. The van der Waals surface area contributed by atoms with Crippen molar-refractivity contribution < 1.29 is 4.74 Å². The summed E-state index contributed by atoms with van der Waals surface area (Å²) in [6.07, 6.45) is 0. The van der Waals surface area contributed by atoms with Gasteiger partial charge in [-0.1, -0.05) is 71.8 Å². The van der Waals surface area contributed by atoms with Gasteiger partial charge in [0.15, 0.2) is 0 Å². The third-order valence-corrected chi connectivity index (χ3v) is 4.42. The molecule has 2 nitrogen and oxygen atoms in total. The molecule has 0 heterocycles. The van der Waals surface area contributed by atoms with E-state index in [1.807, 2.05) is 36.4 Å². The van der Waals surface area contributed by atoms with Crippen molar-refractivity contribution in [2.45, 2.75) is 26.6 Å². The Morgan fingerprint density at radius 3 is 2.00 bits per heavy atom. The molecule has 26 heavy (non-hydrogen) atoms. The van der Waals surface area contributed by atoms with Crippen LogP contribution in [0.2, 0.25) is 5.02 Å². The minimum Gasteiger partial charge on any atom is -0.489 e. The third kappa shape index (κ3) is 6.06. The number of hydrogen-bond donors (Lipinski definition) is 1. The Bertz CT molecular complexity index is 801. The van der Waals surface area contributed by atoms with Crippen molar-refractivity contribution in [1.82, 2.24) is 5.32 Å². The lowest BCUT2D eigenvalue weighted by atomic mass is 10.1. The molecule has 1 N–H and O–H groups in total. The normalized spacial score (nSPS) is 10.2. The molecule has 0 saturated heterocycles. The fourth-order valence-electron chi connectivity index (χ4n) is 2.54. The van der Waals surface area contributed by atoms with E-state index in [4.69, 9.17) is 16.3 Å². The summed E-state index contributed by atoms with van der Waals surface area (Å²) in [5.41, 5.74) is 4.81. The van der Waals surface area contributed by atoms with Gasteiger partial charge in [0.05, 0.1) is 0 Å². The Hall–Kier alpha value is -2.00. The average molecular weight is 388 g/mol. The summed E-state index contributed by atoms with van der Waals surface area (Å²) in [5.74, 6) is 0.849. The van der Waals surface area contributed by atoms with Crippen LogP contribution in [0.15, 0.2) is 72.8 Å². The van der Waals surface area contributed by atoms with Crippen molar-refractivity contribution in [1.29, 1.82) is 0 Å². The zero-order valence-electron chi connectivity index (χ0n) is 14.7. The zero-order chi connectivity index (χ0) is 17.5. The number of aryl methyl sites for hydroxylation is 1. The van der Waals surface area contributed by atoms with Crippen LogP contribution < -0.4 is 10.1 Å². The average Bonchev–Trinajstić information content (AvgIpc) is 2.64. The number of hydrogen-bond acceptors (Lipinski definition) is 2. The van der Waals surface area contributed by atoms with Crippen LogP contribution in [0.1, 0.15) is 22.3 Å². The molecule has 136 valence electrons. The second-order valence-corrected chi connectivity index (χ2v) is 6.52. The minimum atomic E-state index is 0. The van der Waals surface area contributed by atoms with Crippen molar-refractivity contribution in [3.63, 3.8) is 0 Å². The van der Waals surface area contributed by atoms with Gasteiger partial charge in [0, 0.05) is 23.7 Å². The quantitative estimate of drug-likeness (QED) is 0.541. The Morgan fingerprint density at radius 2 is 1.38 bits per heavy atom. The van der Waals surface area contributed by atoms with Gasteiger partial charge >= 0.3 is 0 Å². The largest absolute Gasteiger partial charge is 0.489 e. The molecule has 0 unspecified atom stereocenters. The van der Waals surface area contributed by atoms with Crippen LogP contribution in [-0.2, 0) is 19.7 Å². The first-order chi connectivity index (χ1) is 12.2. The molecular formula is C22H23Cl2NO. The molecule has 3 aromatic rings. The molecule has 0 aromatic heterocycles.